The minimum atomic E-state index is 0.261. The van der Waals surface area contributed by atoms with Crippen LogP contribution in [0.15, 0.2) is 23.9 Å². The fourth-order valence-corrected chi connectivity index (χ4v) is 3.83. The lowest BCUT2D eigenvalue weighted by molar-refractivity contribution is 0.153. The van der Waals surface area contributed by atoms with Crippen molar-refractivity contribution in [2.75, 3.05) is 32.1 Å². The zero-order chi connectivity index (χ0) is 24.5. The third kappa shape index (κ3) is 6.86. The highest BCUT2D eigenvalue weighted by atomic mass is 16.5. The van der Waals surface area contributed by atoms with Gasteiger partial charge in [0.2, 0.25) is 17.7 Å². The number of rotatable bonds is 11. The molecule has 1 aliphatic rings. The van der Waals surface area contributed by atoms with Crippen molar-refractivity contribution in [2.24, 2.45) is 11.6 Å². The van der Waals surface area contributed by atoms with E-state index in [2.05, 4.69) is 20.3 Å². The monoisotopic (exact) mass is 471 g/mol. The van der Waals surface area contributed by atoms with E-state index >= 15 is 0 Å². The Balaban J connectivity index is 1.77. The zero-order valence-corrected chi connectivity index (χ0v) is 20.6. The maximum absolute atomic E-state index is 6.49. The minimum Gasteiger partial charge on any atom is -0.489 e. The molecule has 0 aliphatic heterocycles. The van der Waals surface area contributed by atoms with Crippen molar-refractivity contribution in [1.29, 1.82) is 0 Å². The molecule has 10 nitrogen and oxygen atoms in total. The van der Waals surface area contributed by atoms with E-state index in [1.807, 2.05) is 32.9 Å². The van der Waals surface area contributed by atoms with E-state index in [0.717, 1.165) is 24.3 Å². The van der Waals surface area contributed by atoms with E-state index in [1.54, 1.807) is 13.1 Å². The van der Waals surface area contributed by atoms with Crippen LogP contribution >= 0.6 is 0 Å². The van der Waals surface area contributed by atoms with Crippen molar-refractivity contribution >= 4 is 11.6 Å². The average Bonchev–Trinajstić information content (AvgIpc) is 2.81. The number of hydrogen-bond acceptors (Lipinski definition) is 10. The summed E-state index contributed by atoms with van der Waals surface area (Å²) in [5.74, 6) is 8.10. The second kappa shape index (κ2) is 12.3. The molecular formula is C24H37N7O3. The van der Waals surface area contributed by atoms with Gasteiger partial charge in [-0.25, -0.2) is 10.8 Å². The van der Waals surface area contributed by atoms with Crippen LogP contribution in [0.5, 0.6) is 17.5 Å². The first kappa shape index (κ1) is 25.4. The molecule has 0 saturated heterocycles. The Labute approximate surface area is 201 Å². The molecule has 3 rings (SSSR count). The summed E-state index contributed by atoms with van der Waals surface area (Å²) in [5.41, 5.74) is 9.00. The number of nitrogens with zero attached hydrogens (tertiary/aromatic N) is 4. The van der Waals surface area contributed by atoms with Crippen LogP contribution in [-0.2, 0) is 0 Å². The molecule has 1 saturated carbocycles. The number of ether oxygens (including phenoxy) is 3. The van der Waals surface area contributed by atoms with Crippen LogP contribution in [0.4, 0.5) is 5.95 Å². The largest absolute Gasteiger partial charge is 0.489 e. The number of hydrazine groups is 1. The van der Waals surface area contributed by atoms with Crippen molar-refractivity contribution in [1.82, 2.24) is 20.0 Å². The summed E-state index contributed by atoms with van der Waals surface area (Å²) in [6.07, 6.45) is 6.16. The quantitative estimate of drug-likeness (QED) is 0.331. The Kier molecular flexibility index (Phi) is 9.15. The smallest absolute Gasteiger partial charge is 0.229 e. The Bertz CT molecular complexity index is 951. The fourth-order valence-electron chi connectivity index (χ4n) is 3.83. The van der Waals surface area contributed by atoms with Gasteiger partial charge < -0.3 is 30.3 Å². The van der Waals surface area contributed by atoms with Gasteiger partial charge in [-0.15, -0.1) is 0 Å². The molecule has 2 aromatic heterocycles. The maximum Gasteiger partial charge on any atom is 0.229 e. The highest BCUT2D eigenvalue weighted by Gasteiger charge is 2.18. The Morgan fingerprint density at radius 1 is 1.06 bits per heavy atom. The van der Waals surface area contributed by atoms with Gasteiger partial charge >= 0.3 is 0 Å². The Morgan fingerprint density at radius 2 is 1.71 bits per heavy atom. The minimum absolute atomic E-state index is 0.261. The van der Waals surface area contributed by atoms with Crippen LogP contribution in [0, 0.1) is 6.92 Å². The number of aryl methyl sites for hydroxylation is 1. The lowest BCUT2D eigenvalue weighted by atomic mass is 9.98. The lowest BCUT2D eigenvalue weighted by Crippen LogP contribution is -2.32. The van der Waals surface area contributed by atoms with Gasteiger partial charge in [-0.05, 0) is 58.6 Å². The molecule has 0 spiro atoms. The van der Waals surface area contributed by atoms with Crippen molar-refractivity contribution in [2.45, 2.75) is 59.0 Å². The number of likely N-dealkylation sites (N-methyl/N-ethyl adjacent to an activating group) is 1. The van der Waals surface area contributed by atoms with Gasteiger partial charge in [-0.2, -0.15) is 9.97 Å². The Morgan fingerprint density at radius 3 is 2.26 bits per heavy atom. The van der Waals surface area contributed by atoms with Gasteiger partial charge in [0.05, 0.1) is 54.7 Å². The van der Waals surface area contributed by atoms with Crippen molar-refractivity contribution < 1.29 is 14.2 Å². The molecule has 34 heavy (non-hydrogen) atoms. The number of aromatic nitrogens is 3. The van der Waals surface area contributed by atoms with E-state index in [0.29, 0.717) is 48.0 Å². The first-order chi connectivity index (χ1) is 16.4. The lowest BCUT2D eigenvalue weighted by Gasteiger charge is -2.24. The van der Waals surface area contributed by atoms with Gasteiger partial charge in [-0.3, -0.25) is 0 Å². The van der Waals surface area contributed by atoms with Crippen LogP contribution in [-0.4, -0.2) is 52.9 Å². The van der Waals surface area contributed by atoms with Gasteiger partial charge in [0.15, 0.2) is 0 Å². The van der Waals surface area contributed by atoms with Crippen LogP contribution in [0.3, 0.4) is 0 Å². The van der Waals surface area contributed by atoms with Gasteiger partial charge in [0.1, 0.15) is 5.75 Å². The molecule has 0 unspecified atom stereocenters. The predicted octanol–water partition coefficient (Wildman–Crippen LogP) is 3.23. The summed E-state index contributed by atoms with van der Waals surface area (Å²) in [5, 5.41) is 4.62. The van der Waals surface area contributed by atoms with E-state index < -0.39 is 0 Å². The number of nitrogens with one attached hydrogen (secondary N) is 1. The third-order valence-electron chi connectivity index (χ3n) is 5.57. The highest BCUT2D eigenvalue weighted by Crippen LogP contribution is 2.26. The summed E-state index contributed by atoms with van der Waals surface area (Å²) in [6.45, 7) is 6.96. The van der Waals surface area contributed by atoms with Crippen molar-refractivity contribution in [3.63, 3.8) is 0 Å². The first-order valence-corrected chi connectivity index (χ1v) is 11.9. The highest BCUT2D eigenvalue weighted by molar-refractivity contribution is 5.64. The topological polar surface area (TPSA) is 134 Å². The van der Waals surface area contributed by atoms with Crippen molar-refractivity contribution in [3.05, 3.63) is 35.3 Å². The molecule has 1 aliphatic carbocycles. The van der Waals surface area contributed by atoms with E-state index in [4.69, 9.17) is 25.8 Å². The summed E-state index contributed by atoms with van der Waals surface area (Å²) < 4.78 is 17.2. The van der Waals surface area contributed by atoms with Crippen LogP contribution in [0.1, 0.15) is 57.3 Å². The van der Waals surface area contributed by atoms with Gasteiger partial charge in [0, 0.05) is 7.05 Å². The van der Waals surface area contributed by atoms with Gasteiger partial charge in [-0.1, -0.05) is 6.42 Å². The second-order valence-corrected chi connectivity index (χ2v) is 8.22. The standard InChI is InChI=1S/C24H37N7O3/c1-5-32-21-14-22(33-6-2)30-24(29-21)27-15-19(31(4)26)23(25)18-12-13-20(16(3)28-18)34-17-10-8-7-9-11-17/h12-14,17H,5-11,15,25-26H2,1-4H3,(H,27,29,30)/b23-19-. The normalized spacial score (nSPS) is 14.9. The van der Waals surface area contributed by atoms with Crippen LogP contribution in [0.2, 0.25) is 0 Å². The van der Waals surface area contributed by atoms with Gasteiger partial charge in [0.25, 0.3) is 0 Å². The molecule has 0 atom stereocenters. The molecular weight excluding hydrogens is 434 g/mol. The predicted molar refractivity (Wildman–Crippen MR) is 132 cm³/mol. The molecule has 2 aromatic rings. The molecule has 0 radical (unpaired) electrons. The first-order valence-electron chi connectivity index (χ1n) is 11.9. The van der Waals surface area contributed by atoms with E-state index in [1.165, 1.54) is 24.3 Å². The summed E-state index contributed by atoms with van der Waals surface area (Å²) in [7, 11) is 1.72. The number of nitrogens with two attached hydrogens (primary N) is 2. The van der Waals surface area contributed by atoms with E-state index in [9.17, 15) is 0 Å². The van der Waals surface area contributed by atoms with Crippen LogP contribution < -0.4 is 31.1 Å². The number of hydrogen-bond donors (Lipinski definition) is 3. The third-order valence-corrected chi connectivity index (χ3v) is 5.57. The number of pyridine rings is 1. The molecule has 5 N–H and O–H groups in total. The SMILES string of the molecule is CCOc1cc(OCC)nc(NC/C(=C(/N)c2ccc(OC3CCCCC3)c(C)n2)N(C)N)n1. The van der Waals surface area contributed by atoms with Crippen LogP contribution in [0.25, 0.3) is 5.70 Å². The average molecular weight is 472 g/mol. The molecule has 10 heteroatoms. The summed E-state index contributed by atoms with van der Waals surface area (Å²) in [6, 6.07) is 5.45. The van der Waals surface area contributed by atoms with Crippen molar-refractivity contribution in [3.8, 4) is 17.5 Å². The Hall–Kier alpha value is -3.27. The number of anilines is 1. The van der Waals surface area contributed by atoms with E-state index in [-0.39, 0.29) is 12.6 Å². The second-order valence-electron chi connectivity index (χ2n) is 8.22. The fraction of sp³-hybridized carbons (Fsp3) is 0.542. The molecule has 0 bridgehead atoms. The molecule has 0 aromatic carbocycles. The summed E-state index contributed by atoms with van der Waals surface area (Å²) in [4.78, 5) is 13.4. The maximum atomic E-state index is 6.49. The molecule has 186 valence electrons. The molecule has 1 fully saturated rings. The zero-order valence-electron chi connectivity index (χ0n) is 20.6. The summed E-state index contributed by atoms with van der Waals surface area (Å²) >= 11 is 0. The molecule has 2 heterocycles. The molecule has 0 amide bonds.